The van der Waals surface area contributed by atoms with Crippen molar-refractivity contribution in [3.8, 4) is 11.8 Å². The van der Waals surface area contributed by atoms with Gasteiger partial charge in [0.2, 0.25) is 0 Å². The fourth-order valence-electron chi connectivity index (χ4n) is 2.99. The van der Waals surface area contributed by atoms with Crippen LogP contribution in [-0.2, 0) is 20.7 Å². The minimum Gasteiger partial charge on any atom is -0.508 e. The number of carbonyl (C=O) groups excluding carboxylic acids is 1. The lowest BCUT2D eigenvalue weighted by molar-refractivity contribution is -0.144. The summed E-state index contributed by atoms with van der Waals surface area (Å²) in [6.07, 6.45) is 0.353. The lowest BCUT2D eigenvalue weighted by atomic mass is 9.97. The van der Waals surface area contributed by atoms with E-state index in [2.05, 4.69) is 11.1 Å². The van der Waals surface area contributed by atoms with Crippen LogP contribution in [0.2, 0.25) is 0 Å². The molecule has 114 valence electrons. The van der Waals surface area contributed by atoms with Crippen LogP contribution in [0.5, 0.6) is 5.75 Å². The molecule has 0 amide bonds. The maximum atomic E-state index is 11.5. The Kier molecular flexibility index (Phi) is 3.51. The Bertz CT molecular complexity index is 801. The minimum absolute atomic E-state index is 0.0769. The van der Waals surface area contributed by atoms with Crippen molar-refractivity contribution in [1.29, 1.82) is 5.26 Å². The number of H-pyrrole nitrogens is 1. The number of methoxy groups -OCH3 is 1. The maximum Gasteiger partial charge on any atom is 0.308 e. The summed E-state index contributed by atoms with van der Waals surface area (Å²) >= 11 is 0. The zero-order valence-electron chi connectivity index (χ0n) is 12.4. The van der Waals surface area contributed by atoms with E-state index in [9.17, 15) is 15.2 Å². The van der Waals surface area contributed by atoms with Crippen LogP contribution in [0.4, 0.5) is 0 Å². The van der Waals surface area contributed by atoms with Gasteiger partial charge in [0.05, 0.1) is 37.3 Å². The molecule has 6 heteroatoms. The normalized spacial score (nSPS) is 17.0. The van der Waals surface area contributed by atoms with E-state index in [-0.39, 0.29) is 18.1 Å². The first-order chi connectivity index (χ1) is 10.6. The van der Waals surface area contributed by atoms with Crippen molar-refractivity contribution in [3.63, 3.8) is 0 Å². The summed E-state index contributed by atoms with van der Waals surface area (Å²) in [5.41, 5.74) is 3.60. The van der Waals surface area contributed by atoms with Gasteiger partial charge in [-0.2, -0.15) is 5.26 Å². The predicted molar refractivity (Wildman–Crippen MR) is 78.4 cm³/mol. The third-order valence-electron chi connectivity index (χ3n) is 4.14. The summed E-state index contributed by atoms with van der Waals surface area (Å²) in [4.78, 5) is 14.8. The van der Waals surface area contributed by atoms with E-state index >= 15 is 0 Å². The number of nitrogens with zero attached hydrogens (tertiary/aromatic N) is 1. The molecule has 0 saturated carbocycles. The van der Waals surface area contributed by atoms with Gasteiger partial charge in [-0.3, -0.25) is 4.79 Å². The topological polar surface area (TPSA) is 95.3 Å². The number of rotatable bonds is 2. The third kappa shape index (κ3) is 2.11. The number of hydrogen-bond donors (Lipinski definition) is 2. The average Bonchev–Trinajstić information content (AvgIpc) is 2.91. The Hall–Kier alpha value is -2.52. The van der Waals surface area contributed by atoms with Gasteiger partial charge in [0.15, 0.2) is 0 Å². The highest BCUT2D eigenvalue weighted by atomic mass is 16.5. The Labute approximate surface area is 127 Å². The van der Waals surface area contributed by atoms with Crippen molar-refractivity contribution in [2.45, 2.75) is 25.9 Å². The lowest BCUT2D eigenvalue weighted by Gasteiger charge is -2.22. The van der Waals surface area contributed by atoms with Crippen LogP contribution in [0.3, 0.4) is 0 Å². The smallest absolute Gasteiger partial charge is 0.308 e. The molecule has 2 heterocycles. The first-order valence-electron chi connectivity index (χ1n) is 7.02. The third-order valence-corrected chi connectivity index (χ3v) is 4.14. The van der Waals surface area contributed by atoms with E-state index in [1.54, 1.807) is 6.92 Å². The molecule has 1 aromatic heterocycles. The van der Waals surface area contributed by atoms with E-state index in [1.165, 1.54) is 13.2 Å². The van der Waals surface area contributed by atoms with Gasteiger partial charge in [0.25, 0.3) is 0 Å². The van der Waals surface area contributed by atoms with Crippen LogP contribution >= 0.6 is 0 Å². The number of nitriles is 1. The van der Waals surface area contributed by atoms with Gasteiger partial charge < -0.3 is 19.6 Å². The molecule has 1 atom stereocenters. The molecule has 0 fully saturated rings. The molecule has 0 aliphatic carbocycles. The average molecular weight is 300 g/mol. The Morgan fingerprint density at radius 2 is 2.41 bits per heavy atom. The van der Waals surface area contributed by atoms with E-state index in [0.29, 0.717) is 24.2 Å². The predicted octanol–water partition coefficient (Wildman–Crippen LogP) is 2.23. The van der Waals surface area contributed by atoms with Crippen LogP contribution in [0.25, 0.3) is 10.9 Å². The summed E-state index contributed by atoms with van der Waals surface area (Å²) in [6, 6.07) is 3.61. The fraction of sp³-hybridized carbons (Fsp3) is 0.375. The quantitative estimate of drug-likeness (QED) is 0.829. The zero-order valence-corrected chi connectivity index (χ0v) is 12.4. The van der Waals surface area contributed by atoms with Gasteiger partial charge in [-0.1, -0.05) is 0 Å². The second kappa shape index (κ2) is 5.35. The van der Waals surface area contributed by atoms with Gasteiger partial charge >= 0.3 is 5.97 Å². The summed E-state index contributed by atoms with van der Waals surface area (Å²) in [5.74, 6) is -0.273. The van der Waals surface area contributed by atoms with Crippen molar-refractivity contribution < 1.29 is 19.4 Å². The van der Waals surface area contributed by atoms with Crippen LogP contribution in [0.1, 0.15) is 34.9 Å². The molecule has 0 bridgehead atoms. The molecule has 0 radical (unpaired) electrons. The minimum atomic E-state index is -0.420. The summed E-state index contributed by atoms with van der Waals surface area (Å²) in [7, 11) is 1.34. The standard InChI is InChI=1S/C16H16N2O4/c1-8-11(19)5-9(7-17)14-10-3-4-22-12(6-13(20)21-2)16(10)18-15(8)14/h5,12,18-19H,3-4,6H2,1-2H3/t12-/m1/s1. The van der Waals surface area contributed by atoms with Crippen LogP contribution in [0, 0.1) is 18.3 Å². The number of phenols is 1. The molecular formula is C16H16N2O4. The molecule has 2 aromatic rings. The van der Waals surface area contributed by atoms with E-state index in [0.717, 1.165) is 22.2 Å². The van der Waals surface area contributed by atoms with Crippen LogP contribution < -0.4 is 0 Å². The van der Waals surface area contributed by atoms with Crippen molar-refractivity contribution in [1.82, 2.24) is 4.98 Å². The monoisotopic (exact) mass is 300 g/mol. The number of aromatic nitrogens is 1. The molecule has 1 aromatic carbocycles. The largest absolute Gasteiger partial charge is 0.508 e. The highest BCUT2D eigenvalue weighted by Crippen LogP contribution is 2.39. The van der Waals surface area contributed by atoms with Crippen molar-refractivity contribution in [2.24, 2.45) is 0 Å². The summed E-state index contributed by atoms with van der Waals surface area (Å²) in [5, 5.41) is 20.1. The Morgan fingerprint density at radius 3 is 3.09 bits per heavy atom. The maximum absolute atomic E-state index is 11.5. The van der Waals surface area contributed by atoms with Crippen molar-refractivity contribution in [3.05, 3.63) is 28.5 Å². The second-order valence-corrected chi connectivity index (χ2v) is 5.34. The highest BCUT2D eigenvalue weighted by molar-refractivity contribution is 5.94. The number of esters is 1. The van der Waals surface area contributed by atoms with Gasteiger partial charge in [0, 0.05) is 16.6 Å². The van der Waals surface area contributed by atoms with Gasteiger partial charge in [0.1, 0.15) is 11.9 Å². The number of aromatic hydroxyl groups is 1. The molecule has 3 rings (SSSR count). The number of aryl methyl sites for hydroxylation is 1. The number of aromatic amines is 1. The molecular weight excluding hydrogens is 284 g/mol. The number of carbonyl (C=O) groups is 1. The molecule has 6 nitrogen and oxygen atoms in total. The number of benzene rings is 1. The first kappa shape index (κ1) is 14.4. The molecule has 22 heavy (non-hydrogen) atoms. The molecule has 1 aliphatic rings. The fourth-order valence-corrected chi connectivity index (χ4v) is 2.99. The highest BCUT2D eigenvalue weighted by Gasteiger charge is 2.29. The van der Waals surface area contributed by atoms with Crippen molar-refractivity contribution in [2.75, 3.05) is 13.7 Å². The van der Waals surface area contributed by atoms with Gasteiger partial charge in [-0.25, -0.2) is 0 Å². The van der Waals surface area contributed by atoms with E-state index in [4.69, 9.17) is 9.47 Å². The van der Waals surface area contributed by atoms with Crippen LogP contribution in [0.15, 0.2) is 6.07 Å². The van der Waals surface area contributed by atoms with Gasteiger partial charge in [-0.05, 0) is 25.0 Å². The molecule has 0 spiro atoms. The number of phenolic OH excluding ortho intramolecular Hbond substituents is 1. The van der Waals surface area contributed by atoms with Crippen molar-refractivity contribution >= 4 is 16.9 Å². The van der Waals surface area contributed by atoms with E-state index in [1.807, 2.05) is 0 Å². The summed E-state index contributed by atoms with van der Waals surface area (Å²) < 4.78 is 10.4. The number of fused-ring (bicyclic) bond motifs is 3. The molecule has 1 aliphatic heterocycles. The van der Waals surface area contributed by atoms with Crippen LogP contribution in [-0.4, -0.2) is 29.8 Å². The Morgan fingerprint density at radius 1 is 1.64 bits per heavy atom. The summed E-state index contributed by atoms with van der Waals surface area (Å²) in [6.45, 7) is 2.27. The SMILES string of the molecule is COC(=O)C[C@H]1OCCc2c1[nH]c1c(C)c(O)cc(C#N)c21. The first-order valence-corrected chi connectivity index (χ1v) is 7.02. The zero-order chi connectivity index (χ0) is 15.9. The number of ether oxygens (including phenoxy) is 2. The number of hydrogen-bond acceptors (Lipinski definition) is 5. The molecule has 2 N–H and O–H groups in total. The molecule has 0 saturated heterocycles. The molecule has 0 unspecified atom stereocenters. The number of nitrogens with one attached hydrogen (secondary N) is 1. The van der Waals surface area contributed by atoms with Gasteiger partial charge in [-0.15, -0.1) is 0 Å². The van der Waals surface area contributed by atoms with E-state index < -0.39 is 6.10 Å². The Balaban J connectivity index is 2.21. The lowest BCUT2D eigenvalue weighted by Crippen LogP contribution is -2.19. The second-order valence-electron chi connectivity index (χ2n) is 5.34.